The Morgan fingerprint density at radius 1 is 1.20 bits per heavy atom. The van der Waals surface area contributed by atoms with E-state index in [4.69, 9.17) is 0 Å². The number of carboxylic acid groups (broad SMARTS) is 1. The third-order valence-corrected chi connectivity index (χ3v) is 6.51. The lowest BCUT2D eigenvalue weighted by molar-refractivity contribution is -0.142. The SMILES string of the molecule is CC(C)C1CCN(S(=O)(=O)N2CCCCC2C(=O)O)C1. The largest absolute Gasteiger partial charge is 0.480 e. The highest BCUT2D eigenvalue weighted by Gasteiger charge is 2.42. The Labute approximate surface area is 120 Å². The van der Waals surface area contributed by atoms with Gasteiger partial charge in [-0.3, -0.25) is 4.79 Å². The maximum Gasteiger partial charge on any atom is 0.322 e. The van der Waals surface area contributed by atoms with E-state index < -0.39 is 22.2 Å². The standard InChI is InChI=1S/C13H24N2O4S/c1-10(2)11-6-8-14(9-11)20(18,19)15-7-4-3-5-12(15)13(16)17/h10-12H,3-9H2,1-2H3,(H,16,17). The highest BCUT2D eigenvalue weighted by atomic mass is 32.2. The van der Waals surface area contributed by atoms with Crippen LogP contribution in [0.5, 0.6) is 0 Å². The Kier molecular flexibility index (Phi) is 4.71. The molecule has 0 aromatic heterocycles. The van der Waals surface area contributed by atoms with Gasteiger partial charge in [-0.2, -0.15) is 17.0 Å². The molecule has 2 heterocycles. The van der Waals surface area contributed by atoms with Gasteiger partial charge in [-0.25, -0.2) is 0 Å². The molecule has 116 valence electrons. The molecule has 0 saturated carbocycles. The summed E-state index contributed by atoms with van der Waals surface area (Å²) in [4.78, 5) is 11.3. The molecule has 0 radical (unpaired) electrons. The maximum atomic E-state index is 12.7. The molecule has 20 heavy (non-hydrogen) atoms. The number of hydrogen-bond acceptors (Lipinski definition) is 3. The number of rotatable bonds is 4. The summed E-state index contributed by atoms with van der Waals surface area (Å²) in [7, 11) is -3.64. The third-order valence-electron chi connectivity index (χ3n) is 4.49. The normalized spacial score (nSPS) is 29.9. The van der Waals surface area contributed by atoms with E-state index in [1.165, 1.54) is 8.61 Å². The fourth-order valence-corrected chi connectivity index (χ4v) is 4.97. The lowest BCUT2D eigenvalue weighted by Crippen LogP contribution is -2.52. The fraction of sp³-hybridized carbons (Fsp3) is 0.923. The summed E-state index contributed by atoms with van der Waals surface area (Å²) in [6.45, 7) is 5.54. The summed E-state index contributed by atoms with van der Waals surface area (Å²) in [5.74, 6) is -0.211. The van der Waals surface area contributed by atoms with Crippen LogP contribution in [0.15, 0.2) is 0 Å². The zero-order valence-corrected chi connectivity index (χ0v) is 13.0. The Morgan fingerprint density at radius 3 is 2.45 bits per heavy atom. The molecular formula is C13H24N2O4S. The van der Waals surface area contributed by atoms with E-state index in [-0.39, 0.29) is 0 Å². The van der Waals surface area contributed by atoms with Crippen molar-refractivity contribution in [2.45, 2.75) is 45.6 Å². The van der Waals surface area contributed by atoms with Gasteiger partial charge in [-0.15, -0.1) is 0 Å². The van der Waals surface area contributed by atoms with Crippen molar-refractivity contribution in [2.24, 2.45) is 11.8 Å². The van der Waals surface area contributed by atoms with E-state index in [1.54, 1.807) is 0 Å². The van der Waals surface area contributed by atoms with Crippen LogP contribution in [-0.2, 0) is 15.0 Å². The van der Waals surface area contributed by atoms with Gasteiger partial charge >= 0.3 is 5.97 Å². The van der Waals surface area contributed by atoms with Crippen LogP contribution in [-0.4, -0.2) is 53.8 Å². The van der Waals surface area contributed by atoms with Crippen LogP contribution in [0.1, 0.15) is 39.5 Å². The van der Waals surface area contributed by atoms with E-state index in [2.05, 4.69) is 13.8 Å². The lowest BCUT2D eigenvalue weighted by atomic mass is 9.96. The van der Waals surface area contributed by atoms with Crippen LogP contribution in [0.3, 0.4) is 0 Å². The van der Waals surface area contributed by atoms with Gasteiger partial charge in [0.05, 0.1) is 0 Å². The number of carboxylic acids is 1. The second-order valence-corrected chi connectivity index (χ2v) is 8.00. The van der Waals surface area contributed by atoms with Crippen molar-refractivity contribution in [1.82, 2.24) is 8.61 Å². The molecule has 2 fully saturated rings. The first-order valence-corrected chi connectivity index (χ1v) is 8.73. The first kappa shape index (κ1) is 15.7. The molecule has 0 aromatic rings. The highest BCUT2D eigenvalue weighted by molar-refractivity contribution is 7.86. The monoisotopic (exact) mass is 304 g/mol. The van der Waals surface area contributed by atoms with Crippen LogP contribution in [0.4, 0.5) is 0 Å². The molecule has 2 atom stereocenters. The van der Waals surface area contributed by atoms with Gasteiger partial charge in [-0.05, 0) is 37.5 Å². The molecule has 1 N–H and O–H groups in total. The molecule has 6 nitrogen and oxygen atoms in total. The Balaban J connectivity index is 2.15. The fourth-order valence-electron chi connectivity index (χ4n) is 3.08. The van der Waals surface area contributed by atoms with Crippen molar-refractivity contribution in [1.29, 1.82) is 0 Å². The van der Waals surface area contributed by atoms with Gasteiger partial charge in [0.15, 0.2) is 0 Å². The van der Waals surface area contributed by atoms with Crippen molar-refractivity contribution < 1.29 is 18.3 Å². The number of nitrogens with zero attached hydrogens (tertiary/aromatic N) is 2. The van der Waals surface area contributed by atoms with Gasteiger partial charge in [-0.1, -0.05) is 13.8 Å². The summed E-state index contributed by atoms with van der Waals surface area (Å²) >= 11 is 0. The lowest BCUT2D eigenvalue weighted by Gasteiger charge is -2.34. The summed E-state index contributed by atoms with van der Waals surface area (Å²) in [5, 5.41) is 9.23. The van der Waals surface area contributed by atoms with E-state index in [0.717, 1.165) is 19.3 Å². The van der Waals surface area contributed by atoms with Crippen LogP contribution >= 0.6 is 0 Å². The molecule has 7 heteroatoms. The van der Waals surface area contributed by atoms with E-state index in [1.807, 2.05) is 0 Å². The second kappa shape index (κ2) is 5.99. The summed E-state index contributed by atoms with van der Waals surface area (Å²) < 4.78 is 28.0. The maximum absolute atomic E-state index is 12.7. The molecule has 2 rings (SSSR count). The Morgan fingerprint density at radius 2 is 1.90 bits per heavy atom. The minimum Gasteiger partial charge on any atom is -0.480 e. The minimum atomic E-state index is -3.64. The predicted octanol–water partition coefficient (Wildman–Crippen LogP) is 1.15. The van der Waals surface area contributed by atoms with Crippen molar-refractivity contribution in [3.05, 3.63) is 0 Å². The molecule has 0 aromatic carbocycles. The molecule has 2 unspecified atom stereocenters. The molecule has 2 aliphatic heterocycles. The Bertz CT molecular complexity index is 463. The van der Waals surface area contributed by atoms with Crippen molar-refractivity contribution in [2.75, 3.05) is 19.6 Å². The van der Waals surface area contributed by atoms with Crippen molar-refractivity contribution >= 4 is 16.2 Å². The predicted molar refractivity (Wildman–Crippen MR) is 75.4 cm³/mol. The summed E-state index contributed by atoms with van der Waals surface area (Å²) in [6.07, 6.45) is 2.79. The molecule has 0 spiro atoms. The van der Waals surface area contributed by atoms with Gasteiger partial charge in [0.25, 0.3) is 10.2 Å². The van der Waals surface area contributed by atoms with E-state index in [9.17, 15) is 18.3 Å². The van der Waals surface area contributed by atoms with Crippen LogP contribution in [0.25, 0.3) is 0 Å². The zero-order valence-electron chi connectivity index (χ0n) is 12.2. The molecule has 2 saturated heterocycles. The van der Waals surface area contributed by atoms with Crippen LogP contribution in [0, 0.1) is 11.8 Å². The smallest absolute Gasteiger partial charge is 0.322 e. The molecule has 0 amide bonds. The summed E-state index contributed by atoms with van der Waals surface area (Å²) in [5.41, 5.74) is 0. The van der Waals surface area contributed by atoms with Crippen molar-refractivity contribution in [3.8, 4) is 0 Å². The molecule has 0 aliphatic carbocycles. The second-order valence-electron chi connectivity index (χ2n) is 6.12. The number of aliphatic carboxylic acids is 1. The first-order valence-electron chi connectivity index (χ1n) is 7.33. The highest BCUT2D eigenvalue weighted by Crippen LogP contribution is 2.29. The third kappa shape index (κ3) is 2.99. The molecular weight excluding hydrogens is 280 g/mol. The van der Waals surface area contributed by atoms with Gasteiger partial charge < -0.3 is 5.11 Å². The Hall–Kier alpha value is -0.660. The average molecular weight is 304 g/mol. The first-order chi connectivity index (χ1) is 9.34. The zero-order chi connectivity index (χ0) is 14.9. The minimum absolute atomic E-state index is 0.322. The van der Waals surface area contributed by atoms with Crippen LogP contribution < -0.4 is 0 Å². The average Bonchev–Trinajstić information content (AvgIpc) is 2.89. The van der Waals surface area contributed by atoms with E-state index >= 15 is 0 Å². The van der Waals surface area contributed by atoms with Crippen LogP contribution in [0.2, 0.25) is 0 Å². The number of piperidine rings is 1. The summed E-state index contributed by atoms with van der Waals surface area (Å²) in [6, 6.07) is -0.896. The number of hydrogen-bond donors (Lipinski definition) is 1. The van der Waals surface area contributed by atoms with Crippen molar-refractivity contribution in [3.63, 3.8) is 0 Å². The van der Waals surface area contributed by atoms with Gasteiger partial charge in [0.1, 0.15) is 6.04 Å². The molecule has 2 aliphatic rings. The molecule has 0 bridgehead atoms. The van der Waals surface area contributed by atoms with E-state index in [0.29, 0.717) is 37.9 Å². The van der Waals surface area contributed by atoms with Gasteiger partial charge in [0, 0.05) is 19.6 Å². The topological polar surface area (TPSA) is 77.9 Å². The van der Waals surface area contributed by atoms with Gasteiger partial charge in [0.2, 0.25) is 0 Å². The number of carbonyl (C=O) groups is 1. The quantitative estimate of drug-likeness (QED) is 0.845.